The maximum absolute atomic E-state index is 12.8. The Morgan fingerprint density at radius 1 is 0.824 bits per heavy atom. The summed E-state index contributed by atoms with van der Waals surface area (Å²) in [6.07, 6.45) is 0. The van der Waals surface area contributed by atoms with Gasteiger partial charge in [0.05, 0.1) is 39.1 Å². The molecular formula is C26H29N3O5. The van der Waals surface area contributed by atoms with Gasteiger partial charge in [-0.1, -0.05) is 24.3 Å². The highest BCUT2D eigenvalue weighted by molar-refractivity contribution is 6.10. The Bertz CT molecular complexity index is 1130. The van der Waals surface area contributed by atoms with E-state index in [2.05, 4.69) is 10.6 Å². The first-order valence-electron chi connectivity index (χ1n) is 10.7. The molecule has 0 aliphatic carbocycles. The van der Waals surface area contributed by atoms with Crippen LogP contribution in [0.3, 0.4) is 0 Å². The number of nitrogens with one attached hydrogen (secondary N) is 2. The number of rotatable bonds is 10. The van der Waals surface area contributed by atoms with Gasteiger partial charge in [0.2, 0.25) is 5.91 Å². The maximum Gasteiger partial charge on any atom is 0.257 e. The molecule has 0 heterocycles. The van der Waals surface area contributed by atoms with Gasteiger partial charge in [-0.3, -0.25) is 14.5 Å². The van der Waals surface area contributed by atoms with E-state index in [9.17, 15) is 9.59 Å². The van der Waals surface area contributed by atoms with Crippen LogP contribution in [-0.4, -0.2) is 51.6 Å². The van der Waals surface area contributed by atoms with Gasteiger partial charge in [0.1, 0.15) is 5.75 Å². The van der Waals surface area contributed by atoms with Crippen molar-refractivity contribution in [3.05, 3.63) is 77.9 Å². The largest absolute Gasteiger partial charge is 0.497 e. The summed E-state index contributed by atoms with van der Waals surface area (Å²) in [7, 11) is 6.58. The number of benzene rings is 3. The van der Waals surface area contributed by atoms with Gasteiger partial charge in [-0.2, -0.15) is 0 Å². The summed E-state index contributed by atoms with van der Waals surface area (Å²) < 4.78 is 15.9. The van der Waals surface area contributed by atoms with Crippen molar-refractivity contribution in [3.8, 4) is 17.2 Å². The topological polar surface area (TPSA) is 89.1 Å². The fraction of sp³-hybridized carbons (Fsp3) is 0.231. The Labute approximate surface area is 199 Å². The molecule has 0 aliphatic heterocycles. The molecule has 8 nitrogen and oxygen atoms in total. The predicted octanol–water partition coefficient (Wildman–Crippen LogP) is 4.04. The van der Waals surface area contributed by atoms with Crippen LogP contribution in [0.25, 0.3) is 0 Å². The molecular weight excluding hydrogens is 434 g/mol. The second kappa shape index (κ2) is 11.7. The molecule has 3 aromatic carbocycles. The minimum absolute atomic E-state index is 0.120. The maximum atomic E-state index is 12.8. The van der Waals surface area contributed by atoms with Crippen molar-refractivity contribution >= 4 is 23.2 Å². The molecule has 0 aliphatic rings. The van der Waals surface area contributed by atoms with E-state index in [0.717, 1.165) is 5.56 Å². The van der Waals surface area contributed by atoms with Gasteiger partial charge in [0.25, 0.3) is 5.91 Å². The van der Waals surface area contributed by atoms with Crippen LogP contribution in [-0.2, 0) is 11.3 Å². The third-order valence-corrected chi connectivity index (χ3v) is 5.13. The van der Waals surface area contributed by atoms with Crippen molar-refractivity contribution < 1.29 is 23.8 Å². The Balaban J connectivity index is 1.64. The second-order valence-corrected chi connectivity index (χ2v) is 7.60. The summed E-state index contributed by atoms with van der Waals surface area (Å²) >= 11 is 0. The Morgan fingerprint density at radius 3 is 2.24 bits per heavy atom. The van der Waals surface area contributed by atoms with E-state index in [0.29, 0.717) is 40.7 Å². The van der Waals surface area contributed by atoms with E-state index in [1.807, 2.05) is 30.1 Å². The standard InChI is InChI=1S/C26H29N3O5/c1-29(16-18-8-7-11-23(33-3)25(18)34-4)17-24(30)28-22-10-6-5-9-21(22)26(31)27-19-12-14-20(32-2)15-13-19/h5-15H,16-17H2,1-4H3,(H,27,31)(H,28,30). The highest BCUT2D eigenvalue weighted by atomic mass is 16.5. The number of hydrogen-bond donors (Lipinski definition) is 2. The molecule has 3 rings (SSSR count). The lowest BCUT2D eigenvalue weighted by atomic mass is 10.1. The first-order valence-corrected chi connectivity index (χ1v) is 10.7. The summed E-state index contributed by atoms with van der Waals surface area (Å²) in [6, 6.07) is 19.5. The minimum atomic E-state index is -0.324. The van der Waals surface area contributed by atoms with E-state index in [1.165, 1.54) is 0 Å². The molecule has 0 fully saturated rings. The quantitative estimate of drug-likeness (QED) is 0.472. The van der Waals surface area contributed by atoms with Crippen LogP contribution in [0.5, 0.6) is 17.2 Å². The molecule has 0 atom stereocenters. The van der Waals surface area contributed by atoms with Crippen LogP contribution >= 0.6 is 0 Å². The molecule has 0 saturated heterocycles. The normalized spacial score (nSPS) is 10.5. The van der Waals surface area contributed by atoms with E-state index in [-0.39, 0.29) is 18.4 Å². The van der Waals surface area contributed by atoms with Gasteiger partial charge >= 0.3 is 0 Å². The second-order valence-electron chi connectivity index (χ2n) is 7.60. The van der Waals surface area contributed by atoms with Gasteiger partial charge in [-0.05, 0) is 49.5 Å². The molecule has 3 aromatic rings. The zero-order chi connectivity index (χ0) is 24.5. The molecule has 0 radical (unpaired) electrons. The van der Waals surface area contributed by atoms with Gasteiger partial charge in [-0.15, -0.1) is 0 Å². The average molecular weight is 464 g/mol. The molecule has 0 bridgehead atoms. The first-order chi connectivity index (χ1) is 16.4. The van der Waals surface area contributed by atoms with Crippen LogP contribution in [0.2, 0.25) is 0 Å². The van der Waals surface area contributed by atoms with Gasteiger partial charge in [0, 0.05) is 17.8 Å². The number of amides is 2. The predicted molar refractivity (Wildman–Crippen MR) is 132 cm³/mol. The van der Waals surface area contributed by atoms with Crippen molar-refractivity contribution in [1.82, 2.24) is 4.90 Å². The van der Waals surface area contributed by atoms with Crippen molar-refractivity contribution in [2.45, 2.75) is 6.54 Å². The lowest BCUT2D eigenvalue weighted by Gasteiger charge is -2.19. The lowest BCUT2D eigenvalue weighted by Crippen LogP contribution is -2.30. The molecule has 178 valence electrons. The summed E-state index contributed by atoms with van der Waals surface area (Å²) in [5.41, 5.74) is 2.32. The summed E-state index contributed by atoms with van der Waals surface area (Å²) in [5, 5.41) is 5.68. The van der Waals surface area contributed by atoms with Crippen LogP contribution in [0.4, 0.5) is 11.4 Å². The average Bonchev–Trinajstić information content (AvgIpc) is 2.84. The van der Waals surface area contributed by atoms with E-state index in [4.69, 9.17) is 14.2 Å². The molecule has 8 heteroatoms. The SMILES string of the molecule is COc1ccc(NC(=O)c2ccccc2NC(=O)CN(C)Cc2cccc(OC)c2OC)cc1. The number of hydrogen-bond acceptors (Lipinski definition) is 6. The van der Waals surface area contributed by atoms with E-state index >= 15 is 0 Å². The van der Waals surface area contributed by atoms with Crippen LogP contribution < -0.4 is 24.8 Å². The number of carbonyl (C=O) groups is 2. The molecule has 2 N–H and O–H groups in total. The number of carbonyl (C=O) groups excluding carboxylic acids is 2. The summed E-state index contributed by atoms with van der Waals surface area (Å²) in [5.74, 6) is 1.40. The minimum Gasteiger partial charge on any atom is -0.497 e. The third-order valence-electron chi connectivity index (χ3n) is 5.13. The van der Waals surface area contributed by atoms with Crippen molar-refractivity contribution in [1.29, 1.82) is 0 Å². The van der Waals surface area contributed by atoms with Crippen LogP contribution in [0.15, 0.2) is 66.7 Å². The highest BCUT2D eigenvalue weighted by Gasteiger charge is 2.16. The summed E-state index contributed by atoms with van der Waals surface area (Å²) in [4.78, 5) is 27.4. The fourth-order valence-electron chi connectivity index (χ4n) is 3.52. The molecule has 0 unspecified atom stereocenters. The van der Waals surface area contributed by atoms with Gasteiger partial charge in [-0.25, -0.2) is 0 Å². The number of nitrogens with zero attached hydrogens (tertiary/aromatic N) is 1. The molecule has 34 heavy (non-hydrogen) atoms. The smallest absolute Gasteiger partial charge is 0.257 e. The number of ether oxygens (including phenoxy) is 3. The van der Waals surface area contributed by atoms with E-state index in [1.54, 1.807) is 69.9 Å². The van der Waals surface area contributed by atoms with Gasteiger partial charge in [0.15, 0.2) is 11.5 Å². The lowest BCUT2D eigenvalue weighted by molar-refractivity contribution is -0.117. The van der Waals surface area contributed by atoms with Gasteiger partial charge < -0.3 is 24.8 Å². The number of anilines is 2. The Kier molecular flexibility index (Phi) is 8.48. The zero-order valence-electron chi connectivity index (χ0n) is 19.8. The van der Waals surface area contributed by atoms with Crippen LogP contribution in [0.1, 0.15) is 15.9 Å². The van der Waals surface area contributed by atoms with Crippen molar-refractivity contribution in [3.63, 3.8) is 0 Å². The first kappa shape index (κ1) is 24.6. The highest BCUT2D eigenvalue weighted by Crippen LogP contribution is 2.31. The number of para-hydroxylation sites is 2. The molecule has 0 aromatic heterocycles. The zero-order valence-corrected chi connectivity index (χ0v) is 19.8. The Hall–Kier alpha value is -4.04. The molecule has 0 saturated carbocycles. The monoisotopic (exact) mass is 463 g/mol. The van der Waals surface area contributed by atoms with Crippen LogP contribution in [0, 0.1) is 0 Å². The summed E-state index contributed by atoms with van der Waals surface area (Å²) in [6.45, 7) is 0.599. The van der Waals surface area contributed by atoms with Crippen molar-refractivity contribution in [2.24, 2.45) is 0 Å². The number of methoxy groups -OCH3 is 3. The van der Waals surface area contributed by atoms with E-state index < -0.39 is 0 Å². The third kappa shape index (κ3) is 6.26. The molecule has 2 amide bonds. The van der Waals surface area contributed by atoms with Crippen molar-refractivity contribution in [2.75, 3.05) is 45.6 Å². The molecule has 0 spiro atoms. The Morgan fingerprint density at radius 2 is 1.56 bits per heavy atom. The fourth-order valence-corrected chi connectivity index (χ4v) is 3.52. The number of likely N-dealkylation sites (N-methyl/N-ethyl adjacent to an activating group) is 1.